The SMILES string of the molecule is Nc1nc(-c2ccc(Cl)cc2Cl)c2cc(C(=O)NCC3=CC=CNC3)sc2n1. The number of rotatable bonds is 4. The number of amides is 1. The Hall–Kier alpha value is -2.61. The van der Waals surface area contributed by atoms with Crippen molar-refractivity contribution in [1.82, 2.24) is 20.6 Å². The first kappa shape index (κ1) is 18.7. The Morgan fingerprint density at radius 1 is 1.29 bits per heavy atom. The second kappa shape index (κ2) is 7.79. The van der Waals surface area contributed by atoms with E-state index in [2.05, 4.69) is 20.6 Å². The van der Waals surface area contributed by atoms with E-state index in [0.717, 1.165) is 11.0 Å². The normalized spacial score (nSPS) is 13.3. The van der Waals surface area contributed by atoms with Crippen LogP contribution in [0.25, 0.3) is 21.5 Å². The summed E-state index contributed by atoms with van der Waals surface area (Å²) in [7, 11) is 0. The first-order valence-corrected chi connectivity index (χ1v) is 9.97. The number of nitrogens with two attached hydrogens (primary N) is 1. The summed E-state index contributed by atoms with van der Waals surface area (Å²) < 4.78 is 0. The minimum atomic E-state index is -0.176. The van der Waals surface area contributed by atoms with Crippen LogP contribution in [0.15, 0.2) is 48.2 Å². The Balaban J connectivity index is 1.67. The van der Waals surface area contributed by atoms with Gasteiger partial charge in [-0.25, -0.2) is 9.97 Å². The fourth-order valence-electron chi connectivity index (χ4n) is 2.84. The summed E-state index contributed by atoms with van der Waals surface area (Å²) in [5.74, 6) is -0.0577. The maximum atomic E-state index is 12.6. The van der Waals surface area contributed by atoms with Gasteiger partial charge < -0.3 is 16.4 Å². The Bertz CT molecular complexity index is 1140. The van der Waals surface area contributed by atoms with Crippen LogP contribution < -0.4 is 16.4 Å². The zero-order valence-electron chi connectivity index (χ0n) is 14.5. The monoisotopic (exact) mass is 431 g/mol. The molecule has 0 bridgehead atoms. The van der Waals surface area contributed by atoms with E-state index in [9.17, 15) is 4.79 Å². The predicted molar refractivity (Wildman–Crippen MR) is 115 cm³/mol. The van der Waals surface area contributed by atoms with Crippen molar-refractivity contribution >= 4 is 56.6 Å². The maximum Gasteiger partial charge on any atom is 0.261 e. The Labute approximate surface area is 175 Å². The minimum absolute atomic E-state index is 0.118. The van der Waals surface area contributed by atoms with Crippen LogP contribution in [0.3, 0.4) is 0 Å². The smallest absolute Gasteiger partial charge is 0.261 e. The van der Waals surface area contributed by atoms with Crippen molar-refractivity contribution in [3.05, 3.63) is 63.1 Å². The molecule has 3 aromatic rings. The minimum Gasteiger partial charge on any atom is -0.387 e. The number of dihydropyridines is 1. The number of benzene rings is 1. The van der Waals surface area contributed by atoms with Gasteiger partial charge in [0.2, 0.25) is 5.95 Å². The largest absolute Gasteiger partial charge is 0.387 e. The molecular formula is C19H15Cl2N5OS. The number of hydrogen-bond donors (Lipinski definition) is 3. The van der Waals surface area contributed by atoms with Crippen LogP contribution in [0.4, 0.5) is 5.95 Å². The Kier molecular flexibility index (Phi) is 5.21. The van der Waals surface area contributed by atoms with Crippen molar-refractivity contribution in [2.75, 3.05) is 18.8 Å². The number of aromatic nitrogens is 2. The lowest BCUT2D eigenvalue weighted by Crippen LogP contribution is -2.28. The van der Waals surface area contributed by atoms with E-state index in [0.29, 0.717) is 44.1 Å². The lowest BCUT2D eigenvalue weighted by Gasteiger charge is -2.11. The van der Waals surface area contributed by atoms with E-state index in [1.165, 1.54) is 11.3 Å². The number of nitrogen functional groups attached to an aromatic ring is 1. The Morgan fingerprint density at radius 3 is 2.89 bits per heavy atom. The van der Waals surface area contributed by atoms with Gasteiger partial charge in [-0.15, -0.1) is 11.3 Å². The number of hydrogen-bond acceptors (Lipinski definition) is 6. The van der Waals surface area contributed by atoms with Crippen LogP contribution in [0.2, 0.25) is 10.0 Å². The van der Waals surface area contributed by atoms with Crippen LogP contribution in [0.5, 0.6) is 0 Å². The summed E-state index contributed by atoms with van der Waals surface area (Å²) in [6.45, 7) is 1.18. The maximum absolute atomic E-state index is 12.6. The van der Waals surface area contributed by atoms with Crippen LogP contribution in [-0.4, -0.2) is 29.0 Å². The lowest BCUT2D eigenvalue weighted by atomic mass is 10.1. The number of anilines is 1. The molecule has 0 aliphatic carbocycles. The number of halogens is 2. The first-order chi connectivity index (χ1) is 13.5. The van der Waals surface area contributed by atoms with Gasteiger partial charge in [0.15, 0.2) is 0 Å². The molecule has 142 valence electrons. The number of nitrogens with zero attached hydrogens (tertiary/aromatic N) is 2. The molecule has 1 aromatic carbocycles. The number of allylic oxidation sites excluding steroid dienone is 2. The van der Waals surface area contributed by atoms with Gasteiger partial charge >= 0.3 is 0 Å². The van der Waals surface area contributed by atoms with Gasteiger partial charge in [0.25, 0.3) is 5.91 Å². The molecule has 6 nitrogen and oxygen atoms in total. The van der Waals surface area contributed by atoms with Gasteiger partial charge in [0, 0.05) is 29.1 Å². The molecule has 0 unspecified atom stereocenters. The molecule has 4 rings (SSSR count). The summed E-state index contributed by atoms with van der Waals surface area (Å²) in [5.41, 5.74) is 8.22. The highest BCUT2D eigenvalue weighted by atomic mass is 35.5. The molecule has 0 spiro atoms. The highest BCUT2D eigenvalue weighted by Crippen LogP contribution is 2.36. The molecular weight excluding hydrogens is 417 g/mol. The highest BCUT2D eigenvalue weighted by molar-refractivity contribution is 7.20. The molecule has 0 saturated heterocycles. The average molecular weight is 432 g/mol. The number of thiophene rings is 1. The van der Waals surface area contributed by atoms with Gasteiger partial charge in [-0.2, -0.15) is 0 Å². The zero-order valence-corrected chi connectivity index (χ0v) is 16.8. The van der Waals surface area contributed by atoms with E-state index in [1.807, 2.05) is 18.4 Å². The molecule has 1 amide bonds. The van der Waals surface area contributed by atoms with Crippen molar-refractivity contribution in [2.45, 2.75) is 0 Å². The Morgan fingerprint density at radius 2 is 2.14 bits per heavy atom. The molecule has 1 aliphatic rings. The third-order valence-electron chi connectivity index (χ3n) is 4.17. The zero-order chi connectivity index (χ0) is 19.7. The summed E-state index contributed by atoms with van der Waals surface area (Å²) in [4.78, 5) is 22.4. The molecule has 0 radical (unpaired) electrons. The van der Waals surface area contributed by atoms with Gasteiger partial charge in [-0.1, -0.05) is 29.3 Å². The number of carbonyl (C=O) groups excluding carboxylic acids is 1. The number of carbonyl (C=O) groups is 1. The van der Waals surface area contributed by atoms with E-state index >= 15 is 0 Å². The third-order valence-corrected chi connectivity index (χ3v) is 5.75. The third kappa shape index (κ3) is 3.82. The van der Waals surface area contributed by atoms with Gasteiger partial charge in [-0.3, -0.25) is 4.79 Å². The van der Waals surface area contributed by atoms with E-state index in [-0.39, 0.29) is 11.9 Å². The molecule has 3 heterocycles. The van der Waals surface area contributed by atoms with Crippen molar-refractivity contribution in [2.24, 2.45) is 0 Å². The van der Waals surface area contributed by atoms with Crippen LogP contribution in [0.1, 0.15) is 9.67 Å². The molecule has 4 N–H and O–H groups in total. The predicted octanol–water partition coefficient (Wildman–Crippen LogP) is 4.02. The van der Waals surface area contributed by atoms with Crippen LogP contribution in [-0.2, 0) is 0 Å². The molecule has 0 saturated carbocycles. The van der Waals surface area contributed by atoms with E-state index < -0.39 is 0 Å². The first-order valence-electron chi connectivity index (χ1n) is 8.40. The number of fused-ring (bicyclic) bond motifs is 1. The summed E-state index contributed by atoms with van der Waals surface area (Å²) >= 11 is 13.6. The summed E-state index contributed by atoms with van der Waals surface area (Å²) in [6, 6.07) is 6.91. The fourth-order valence-corrected chi connectivity index (χ4v) is 4.29. The fraction of sp³-hybridized carbons (Fsp3) is 0.105. The topological polar surface area (TPSA) is 92.9 Å². The van der Waals surface area contributed by atoms with Crippen molar-refractivity contribution in [3.8, 4) is 11.3 Å². The number of nitrogens with one attached hydrogen (secondary N) is 2. The molecule has 0 atom stereocenters. The van der Waals surface area contributed by atoms with Crippen LogP contribution in [0, 0.1) is 0 Å². The van der Waals surface area contributed by atoms with E-state index in [1.54, 1.807) is 24.3 Å². The van der Waals surface area contributed by atoms with Crippen molar-refractivity contribution < 1.29 is 4.79 Å². The quantitative estimate of drug-likeness (QED) is 0.579. The summed E-state index contributed by atoms with van der Waals surface area (Å²) in [5, 5.41) is 7.73. The van der Waals surface area contributed by atoms with Gasteiger partial charge in [0.05, 0.1) is 15.6 Å². The molecule has 28 heavy (non-hydrogen) atoms. The van der Waals surface area contributed by atoms with Crippen molar-refractivity contribution in [1.29, 1.82) is 0 Å². The summed E-state index contributed by atoms with van der Waals surface area (Å²) in [6.07, 6.45) is 5.75. The van der Waals surface area contributed by atoms with Gasteiger partial charge in [-0.05, 0) is 42.1 Å². The molecule has 1 aliphatic heterocycles. The lowest BCUT2D eigenvalue weighted by molar-refractivity contribution is 0.0961. The van der Waals surface area contributed by atoms with E-state index in [4.69, 9.17) is 28.9 Å². The average Bonchev–Trinajstić information content (AvgIpc) is 3.10. The molecule has 0 fully saturated rings. The van der Waals surface area contributed by atoms with Gasteiger partial charge in [0.1, 0.15) is 4.83 Å². The van der Waals surface area contributed by atoms with Crippen LogP contribution >= 0.6 is 34.5 Å². The molecule has 2 aromatic heterocycles. The second-order valence-electron chi connectivity index (χ2n) is 6.13. The molecule has 9 heteroatoms. The highest BCUT2D eigenvalue weighted by Gasteiger charge is 2.18. The standard InChI is InChI=1S/C19H15Cl2N5OS/c20-11-3-4-12(14(21)6-11)16-13-7-15(28-18(13)26-19(22)25-16)17(27)24-9-10-2-1-5-23-8-10/h1-7,23H,8-9H2,(H,24,27)(H2,22,25,26). The van der Waals surface area contributed by atoms with Crippen molar-refractivity contribution in [3.63, 3.8) is 0 Å². The second-order valence-corrected chi connectivity index (χ2v) is 8.01.